The van der Waals surface area contributed by atoms with Crippen LogP contribution in [0.25, 0.3) is 11.7 Å². The topological polar surface area (TPSA) is 74.0 Å². The minimum Gasteiger partial charge on any atom is -0.390 e. The molecule has 2 saturated heterocycles. The number of carbonyl (C=O) groups excluding carboxylic acids is 1. The van der Waals surface area contributed by atoms with Crippen molar-refractivity contribution in [1.82, 2.24) is 19.5 Å². The summed E-state index contributed by atoms with van der Waals surface area (Å²) in [5, 5.41) is 14.4. The minimum atomic E-state index is -0.717. The van der Waals surface area contributed by atoms with Crippen LogP contribution in [-0.2, 0) is 4.79 Å². The first-order valence-electron chi connectivity index (χ1n) is 11.6. The standard InChI is InChI=1S/C25H27F2N5O2/c1-25(34)9-13-30(14-10-25)23(33)7-4-17-16-28-32-12-8-22(29-24(17)32)31-11-2-3-21(31)19-15-18(26)5-6-20(19)27/h4-8,12,15-16,21,34H,2-3,9-11,13-14H2,1H3/b7-4+/t21-/m1/s1. The Morgan fingerprint density at radius 2 is 2.00 bits per heavy atom. The average molecular weight is 468 g/mol. The van der Waals surface area contributed by atoms with E-state index in [9.17, 15) is 18.7 Å². The molecule has 0 aliphatic carbocycles. The van der Waals surface area contributed by atoms with Crippen molar-refractivity contribution in [3.63, 3.8) is 0 Å². The molecule has 1 aromatic carbocycles. The number of nitrogens with zero attached hydrogens (tertiary/aromatic N) is 5. The fourth-order valence-electron chi connectivity index (χ4n) is 4.76. The Hall–Kier alpha value is -3.33. The molecule has 34 heavy (non-hydrogen) atoms. The van der Waals surface area contributed by atoms with E-state index >= 15 is 0 Å². The summed E-state index contributed by atoms with van der Waals surface area (Å²) in [5.41, 5.74) is 0.879. The maximum Gasteiger partial charge on any atom is 0.246 e. The second-order valence-electron chi connectivity index (χ2n) is 9.33. The van der Waals surface area contributed by atoms with Crippen LogP contribution >= 0.6 is 0 Å². The zero-order chi connectivity index (χ0) is 23.9. The van der Waals surface area contributed by atoms with Gasteiger partial charge in [-0.25, -0.2) is 18.3 Å². The SMILES string of the molecule is CC1(O)CCN(C(=O)/C=C/c2cnn3ccc(N4CCC[C@@H]4c4cc(F)ccc4F)nc23)CC1. The molecule has 2 fully saturated rings. The number of rotatable bonds is 4. The molecule has 0 spiro atoms. The van der Waals surface area contributed by atoms with Crippen LogP contribution in [0, 0.1) is 11.6 Å². The lowest BCUT2D eigenvalue weighted by molar-refractivity contribution is -0.129. The van der Waals surface area contributed by atoms with Gasteiger partial charge in [0.15, 0.2) is 5.65 Å². The second-order valence-corrected chi connectivity index (χ2v) is 9.33. The third-order valence-corrected chi connectivity index (χ3v) is 6.80. The Balaban J connectivity index is 1.38. The summed E-state index contributed by atoms with van der Waals surface area (Å²) in [5.74, 6) is -0.354. The Morgan fingerprint density at radius 3 is 2.79 bits per heavy atom. The molecule has 0 unspecified atom stereocenters. The largest absolute Gasteiger partial charge is 0.390 e. The Bertz CT molecular complexity index is 1250. The van der Waals surface area contributed by atoms with Gasteiger partial charge in [-0.2, -0.15) is 5.10 Å². The van der Waals surface area contributed by atoms with E-state index < -0.39 is 17.2 Å². The fourth-order valence-corrected chi connectivity index (χ4v) is 4.76. The quantitative estimate of drug-likeness (QED) is 0.592. The predicted molar refractivity (Wildman–Crippen MR) is 124 cm³/mol. The van der Waals surface area contributed by atoms with Crippen LogP contribution in [0.2, 0.25) is 0 Å². The van der Waals surface area contributed by atoms with Gasteiger partial charge >= 0.3 is 0 Å². The number of anilines is 1. The van der Waals surface area contributed by atoms with Crippen molar-refractivity contribution >= 4 is 23.4 Å². The molecule has 2 aromatic heterocycles. The predicted octanol–water partition coefficient (Wildman–Crippen LogP) is 3.74. The maximum absolute atomic E-state index is 14.5. The lowest BCUT2D eigenvalue weighted by Gasteiger charge is -2.35. The first-order chi connectivity index (χ1) is 16.3. The van der Waals surface area contributed by atoms with Gasteiger partial charge in [0.2, 0.25) is 5.91 Å². The fraction of sp³-hybridized carbons (Fsp3) is 0.400. The Kier molecular flexibility index (Phi) is 5.81. The van der Waals surface area contributed by atoms with Crippen LogP contribution < -0.4 is 4.90 Å². The van der Waals surface area contributed by atoms with Crippen LogP contribution in [0.3, 0.4) is 0 Å². The highest BCUT2D eigenvalue weighted by Crippen LogP contribution is 2.37. The summed E-state index contributed by atoms with van der Waals surface area (Å²) in [6.07, 6.45) is 9.28. The number of aromatic nitrogens is 3. The van der Waals surface area contributed by atoms with Crippen molar-refractivity contribution in [2.24, 2.45) is 0 Å². The number of halogens is 2. The van der Waals surface area contributed by atoms with Gasteiger partial charge in [0, 0.05) is 43.0 Å². The number of aliphatic hydroxyl groups is 1. The number of hydrogen-bond acceptors (Lipinski definition) is 5. The smallest absolute Gasteiger partial charge is 0.246 e. The molecular formula is C25H27F2N5O2. The van der Waals surface area contributed by atoms with Crippen molar-refractivity contribution in [2.75, 3.05) is 24.5 Å². The van der Waals surface area contributed by atoms with Crippen LogP contribution in [0.15, 0.2) is 42.7 Å². The summed E-state index contributed by atoms with van der Waals surface area (Å²) in [6, 6.07) is 5.06. The number of benzene rings is 1. The van der Waals surface area contributed by atoms with Crippen molar-refractivity contribution in [3.05, 3.63) is 65.5 Å². The van der Waals surface area contributed by atoms with Crippen molar-refractivity contribution in [1.29, 1.82) is 0 Å². The van der Waals surface area contributed by atoms with Crippen LogP contribution in [0.1, 0.15) is 49.8 Å². The van der Waals surface area contributed by atoms with Gasteiger partial charge in [-0.05, 0) is 62.9 Å². The van der Waals surface area contributed by atoms with E-state index in [1.54, 1.807) is 34.8 Å². The van der Waals surface area contributed by atoms with Gasteiger partial charge < -0.3 is 14.9 Å². The van der Waals surface area contributed by atoms with Crippen LogP contribution in [0.4, 0.5) is 14.6 Å². The molecule has 178 valence electrons. The van der Waals surface area contributed by atoms with Gasteiger partial charge in [-0.3, -0.25) is 4.79 Å². The maximum atomic E-state index is 14.5. The zero-order valence-electron chi connectivity index (χ0n) is 19.0. The molecule has 2 aliphatic heterocycles. The number of amides is 1. The van der Waals surface area contributed by atoms with E-state index in [2.05, 4.69) is 5.10 Å². The van der Waals surface area contributed by atoms with E-state index in [-0.39, 0.29) is 11.9 Å². The summed E-state index contributed by atoms with van der Waals surface area (Å²) in [6.45, 7) is 3.50. The molecule has 0 saturated carbocycles. The molecule has 1 atom stereocenters. The summed E-state index contributed by atoms with van der Waals surface area (Å²) in [4.78, 5) is 21.1. The van der Waals surface area contributed by atoms with E-state index in [1.807, 2.05) is 11.0 Å². The van der Waals surface area contributed by atoms with Crippen molar-refractivity contribution in [2.45, 2.75) is 44.2 Å². The van der Waals surface area contributed by atoms with Gasteiger partial charge in [-0.1, -0.05) is 0 Å². The van der Waals surface area contributed by atoms with E-state index in [1.165, 1.54) is 12.1 Å². The van der Waals surface area contributed by atoms with E-state index in [4.69, 9.17) is 4.98 Å². The molecule has 5 rings (SSSR count). The Morgan fingerprint density at radius 1 is 1.21 bits per heavy atom. The molecule has 1 N–H and O–H groups in total. The molecule has 9 heteroatoms. The second kappa shape index (κ2) is 8.79. The summed E-state index contributed by atoms with van der Waals surface area (Å²) >= 11 is 0. The molecule has 1 amide bonds. The van der Waals surface area contributed by atoms with Gasteiger partial charge in [0.1, 0.15) is 17.5 Å². The third kappa shape index (κ3) is 4.40. The lowest BCUT2D eigenvalue weighted by Crippen LogP contribution is -2.44. The number of likely N-dealkylation sites (tertiary alicyclic amines) is 1. The number of hydrogen-bond donors (Lipinski definition) is 1. The highest BCUT2D eigenvalue weighted by molar-refractivity contribution is 5.92. The number of fused-ring (bicyclic) bond motifs is 1. The van der Waals surface area contributed by atoms with Gasteiger partial charge in [0.25, 0.3) is 0 Å². The van der Waals surface area contributed by atoms with E-state index in [0.29, 0.717) is 61.5 Å². The van der Waals surface area contributed by atoms with Crippen LogP contribution in [-0.4, -0.2) is 55.7 Å². The summed E-state index contributed by atoms with van der Waals surface area (Å²) < 4.78 is 29.9. The van der Waals surface area contributed by atoms with E-state index in [0.717, 1.165) is 18.6 Å². The molecule has 4 heterocycles. The molecule has 3 aromatic rings. The molecule has 7 nitrogen and oxygen atoms in total. The highest BCUT2D eigenvalue weighted by Gasteiger charge is 2.30. The molecular weight excluding hydrogens is 440 g/mol. The first-order valence-corrected chi connectivity index (χ1v) is 11.6. The first kappa shape index (κ1) is 22.5. The summed E-state index contributed by atoms with van der Waals surface area (Å²) in [7, 11) is 0. The van der Waals surface area contributed by atoms with Crippen molar-refractivity contribution < 1.29 is 18.7 Å². The number of carbonyl (C=O) groups is 1. The lowest BCUT2D eigenvalue weighted by atomic mass is 9.94. The zero-order valence-corrected chi connectivity index (χ0v) is 19.0. The minimum absolute atomic E-state index is 0.118. The number of piperidine rings is 1. The molecule has 0 bridgehead atoms. The van der Waals surface area contributed by atoms with Crippen molar-refractivity contribution in [3.8, 4) is 0 Å². The third-order valence-electron chi connectivity index (χ3n) is 6.80. The highest BCUT2D eigenvalue weighted by atomic mass is 19.1. The average Bonchev–Trinajstić information content (AvgIpc) is 3.46. The normalized spacial score (nSPS) is 20.5. The molecule has 2 aliphatic rings. The molecule has 0 radical (unpaired) electrons. The monoisotopic (exact) mass is 467 g/mol. The Labute approximate surface area is 196 Å². The van der Waals surface area contributed by atoms with Crippen LogP contribution in [0.5, 0.6) is 0 Å². The van der Waals surface area contributed by atoms with Gasteiger partial charge in [-0.15, -0.1) is 0 Å². The van der Waals surface area contributed by atoms with Gasteiger partial charge in [0.05, 0.1) is 17.8 Å².